The monoisotopic (exact) mass is 379 g/mol. The van der Waals surface area contributed by atoms with Crippen LogP contribution < -0.4 is 10.1 Å². The van der Waals surface area contributed by atoms with Crippen LogP contribution in [0.1, 0.15) is 23.6 Å². The van der Waals surface area contributed by atoms with Gasteiger partial charge in [0.1, 0.15) is 5.75 Å². The van der Waals surface area contributed by atoms with Crippen molar-refractivity contribution in [1.29, 1.82) is 5.26 Å². The third-order valence-electron chi connectivity index (χ3n) is 4.67. The van der Waals surface area contributed by atoms with Gasteiger partial charge in [0.2, 0.25) is 0 Å². The van der Waals surface area contributed by atoms with Crippen molar-refractivity contribution in [2.45, 2.75) is 26.1 Å². The van der Waals surface area contributed by atoms with Crippen LogP contribution in [0.4, 0.5) is 0 Å². The molecule has 1 saturated heterocycles. The van der Waals surface area contributed by atoms with Crippen LogP contribution in [0, 0.1) is 11.3 Å². The lowest BCUT2D eigenvalue weighted by molar-refractivity contribution is -0.127. The number of nitrogens with zero attached hydrogens (tertiary/aromatic N) is 2. The highest BCUT2D eigenvalue weighted by atomic mass is 16.5. The lowest BCUT2D eigenvalue weighted by atomic mass is 10.1. The molecular formula is C22H25N3O3. The topological polar surface area (TPSA) is 74.6 Å². The Bertz CT molecular complexity index is 806. The second kappa shape index (κ2) is 9.88. The summed E-state index contributed by atoms with van der Waals surface area (Å²) in [6, 6.07) is 17.1. The molecule has 2 aromatic carbocycles. The second-order valence-corrected chi connectivity index (χ2v) is 6.82. The van der Waals surface area contributed by atoms with Crippen LogP contribution in [0.15, 0.2) is 48.5 Å². The molecule has 1 atom stereocenters. The molecule has 1 N–H and O–H groups in total. The molecule has 0 spiro atoms. The number of hydrogen-bond donors (Lipinski definition) is 1. The predicted molar refractivity (Wildman–Crippen MR) is 106 cm³/mol. The molecule has 0 aliphatic carbocycles. The summed E-state index contributed by atoms with van der Waals surface area (Å²) in [6.07, 6.45) is -0.617. The molecule has 28 heavy (non-hydrogen) atoms. The summed E-state index contributed by atoms with van der Waals surface area (Å²) in [5.74, 6) is 0.385. The van der Waals surface area contributed by atoms with Gasteiger partial charge in [0, 0.05) is 26.2 Å². The van der Waals surface area contributed by atoms with E-state index in [9.17, 15) is 4.79 Å². The molecule has 1 aliphatic heterocycles. The van der Waals surface area contributed by atoms with E-state index >= 15 is 0 Å². The summed E-state index contributed by atoms with van der Waals surface area (Å²) in [7, 11) is 0. The van der Waals surface area contributed by atoms with Gasteiger partial charge in [0.05, 0.1) is 24.8 Å². The minimum atomic E-state index is -0.617. The largest absolute Gasteiger partial charge is 0.481 e. The van der Waals surface area contributed by atoms with E-state index in [1.165, 1.54) is 5.56 Å². The summed E-state index contributed by atoms with van der Waals surface area (Å²) in [5, 5.41) is 11.7. The fraction of sp³-hybridized carbons (Fsp3) is 0.364. The van der Waals surface area contributed by atoms with Crippen LogP contribution in [0.2, 0.25) is 0 Å². The number of carbonyl (C=O) groups is 1. The van der Waals surface area contributed by atoms with Crippen LogP contribution >= 0.6 is 0 Å². The number of rotatable bonds is 7. The molecule has 0 unspecified atom stereocenters. The van der Waals surface area contributed by atoms with Crippen LogP contribution in [0.3, 0.4) is 0 Å². The smallest absolute Gasteiger partial charge is 0.261 e. The molecule has 6 nitrogen and oxygen atoms in total. The molecule has 0 bridgehead atoms. The van der Waals surface area contributed by atoms with Crippen molar-refractivity contribution in [3.63, 3.8) is 0 Å². The molecule has 0 radical (unpaired) electrons. The maximum atomic E-state index is 12.3. The molecule has 1 amide bonds. The number of benzene rings is 2. The van der Waals surface area contributed by atoms with Gasteiger partial charge in [-0.15, -0.1) is 0 Å². The van der Waals surface area contributed by atoms with E-state index in [0.29, 0.717) is 17.9 Å². The third kappa shape index (κ3) is 5.81. The highest BCUT2D eigenvalue weighted by Gasteiger charge is 2.14. The van der Waals surface area contributed by atoms with Gasteiger partial charge in [-0.3, -0.25) is 9.69 Å². The minimum Gasteiger partial charge on any atom is -0.481 e. The van der Waals surface area contributed by atoms with Gasteiger partial charge in [-0.1, -0.05) is 24.3 Å². The Morgan fingerprint density at radius 2 is 1.79 bits per heavy atom. The highest BCUT2D eigenvalue weighted by molar-refractivity contribution is 5.80. The number of morpholine rings is 1. The first-order valence-electron chi connectivity index (χ1n) is 9.46. The predicted octanol–water partition coefficient (Wildman–Crippen LogP) is 2.47. The minimum absolute atomic E-state index is 0.179. The fourth-order valence-electron chi connectivity index (χ4n) is 2.98. The van der Waals surface area contributed by atoms with Crippen LogP contribution in [0.5, 0.6) is 5.75 Å². The fourth-order valence-corrected chi connectivity index (χ4v) is 2.98. The highest BCUT2D eigenvalue weighted by Crippen LogP contribution is 2.14. The third-order valence-corrected chi connectivity index (χ3v) is 4.67. The summed E-state index contributed by atoms with van der Waals surface area (Å²) in [5.41, 5.74) is 2.86. The molecule has 1 heterocycles. The van der Waals surface area contributed by atoms with Crippen molar-refractivity contribution < 1.29 is 14.3 Å². The quantitative estimate of drug-likeness (QED) is 0.800. The SMILES string of the molecule is C[C@@H](Oc1ccc(C#N)cc1)C(=O)NCc1ccc(CN2CCOCC2)cc1. The number of hydrogen-bond acceptors (Lipinski definition) is 5. The maximum Gasteiger partial charge on any atom is 0.261 e. The Morgan fingerprint density at radius 3 is 2.43 bits per heavy atom. The number of carbonyl (C=O) groups excluding carboxylic acids is 1. The average molecular weight is 379 g/mol. The Kier molecular flexibility index (Phi) is 7.01. The molecular weight excluding hydrogens is 354 g/mol. The molecule has 2 aromatic rings. The average Bonchev–Trinajstić information content (AvgIpc) is 2.74. The van der Waals surface area contributed by atoms with Gasteiger partial charge >= 0.3 is 0 Å². The van der Waals surface area contributed by atoms with Crippen LogP contribution in [0.25, 0.3) is 0 Å². The summed E-state index contributed by atoms with van der Waals surface area (Å²) in [6.45, 7) is 6.62. The zero-order valence-electron chi connectivity index (χ0n) is 16.1. The number of nitrogens with one attached hydrogen (secondary N) is 1. The van der Waals surface area contributed by atoms with E-state index in [1.807, 2.05) is 12.1 Å². The van der Waals surface area contributed by atoms with E-state index in [1.54, 1.807) is 31.2 Å². The van der Waals surface area contributed by atoms with Crippen molar-refractivity contribution >= 4 is 5.91 Å². The van der Waals surface area contributed by atoms with Gasteiger partial charge in [0.25, 0.3) is 5.91 Å². The Labute approximate surface area is 165 Å². The number of ether oxygens (including phenoxy) is 2. The van der Waals surface area contributed by atoms with Crippen molar-refractivity contribution in [1.82, 2.24) is 10.2 Å². The normalized spacial score (nSPS) is 15.4. The Hall–Kier alpha value is -2.88. The number of amides is 1. The second-order valence-electron chi connectivity index (χ2n) is 6.82. The Balaban J connectivity index is 1.44. The molecule has 146 valence electrons. The standard InChI is InChI=1S/C22H25N3O3/c1-17(28-21-8-6-18(14-23)7-9-21)22(26)24-15-19-2-4-20(5-3-19)16-25-10-12-27-13-11-25/h2-9,17H,10-13,15-16H2,1H3,(H,24,26)/t17-/m1/s1. The first kappa shape index (κ1) is 19.9. The number of nitriles is 1. The molecule has 0 saturated carbocycles. The lowest BCUT2D eigenvalue weighted by Crippen LogP contribution is -2.36. The van der Waals surface area contributed by atoms with Crippen molar-refractivity contribution in [3.8, 4) is 11.8 Å². The Morgan fingerprint density at radius 1 is 1.14 bits per heavy atom. The molecule has 6 heteroatoms. The summed E-state index contributed by atoms with van der Waals surface area (Å²) >= 11 is 0. The van der Waals surface area contributed by atoms with E-state index in [4.69, 9.17) is 14.7 Å². The summed E-state index contributed by atoms with van der Waals surface area (Å²) < 4.78 is 11.0. The van der Waals surface area contributed by atoms with Crippen molar-refractivity contribution in [3.05, 3.63) is 65.2 Å². The molecule has 1 fully saturated rings. The van der Waals surface area contributed by atoms with Crippen LogP contribution in [-0.2, 0) is 22.6 Å². The van der Waals surface area contributed by atoms with Crippen LogP contribution in [-0.4, -0.2) is 43.2 Å². The molecule has 3 rings (SSSR count). The van der Waals surface area contributed by atoms with E-state index < -0.39 is 6.10 Å². The van der Waals surface area contributed by atoms with Gasteiger partial charge < -0.3 is 14.8 Å². The molecule has 0 aromatic heterocycles. The molecule has 1 aliphatic rings. The van der Waals surface area contributed by atoms with Gasteiger partial charge in [-0.05, 0) is 42.3 Å². The first-order chi connectivity index (χ1) is 13.6. The van der Waals surface area contributed by atoms with Crippen molar-refractivity contribution in [2.75, 3.05) is 26.3 Å². The van der Waals surface area contributed by atoms with E-state index in [2.05, 4.69) is 28.4 Å². The van der Waals surface area contributed by atoms with Crippen molar-refractivity contribution in [2.24, 2.45) is 0 Å². The summed E-state index contributed by atoms with van der Waals surface area (Å²) in [4.78, 5) is 14.6. The zero-order valence-corrected chi connectivity index (χ0v) is 16.1. The lowest BCUT2D eigenvalue weighted by Gasteiger charge is -2.26. The first-order valence-corrected chi connectivity index (χ1v) is 9.46. The van der Waals surface area contributed by atoms with E-state index in [0.717, 1.165) is 38.4 Å². The van der Waals surface area contributed by atoms with E-state index in [-0.39, 0.29) is 5.91 Å². The van der Waals surface area contributed by atoms with Gasteiger partial charge in [0.15, 0.2) is 6.10 Å². The zero-order chi connectivity index (χ0) is 19.8. The van der Waals surface area contributed by atoms with Gasteiger partial charge in [-0.2, -0.15) is 5.26 Å². The van der Waals surface area contributed by atoms with Gasteiger partial charge in [-0.25, -0.2) is 0 Å². The maximum absolute atomic E-state index is 12.3.